The number of rotatable bonds is 3. The molecule has 0 saturated carbocycles. The number of pyridine rings is 1. The molecule has 0 amide bonds. The Balaban J connectivity index is 2.33. The fourth-order valence-electron chi connectivity index (χ4n) is 2.11. The van der Waals surface area contributed by atoms with Gasteiger partial charge in [0.05, 0.1) is 23.7 Å². The highest BCUT2D eigenvalue weighted by atomic mass is 35.5. The lowest BCUT2D eigenvalue weighted by Gasteiger charge is -2.09. The van der Waals surface area contributed by atoms with Crippen molar-refractivity contribution in [3.63, 3.8) is 0 Å². The summed E-state index contributed by atoms with van der Waals surface area (Å²) in [5.41, 5.74) is 1.78. The first-order chi connectivity index (χ1) is 10.1. The number of halogens is 3. The second-order valence-electron chi connectivity index (χ2n) is 4.29. The molecule has 0 spiro atoms. The van der Waals surface area contributed by atoms with Gasteiger partial charge in [0.15, 0.2) is 5.65 Å². The van der Waals surface area contributed by atoms with Crippen molar-refractivity contribution in [2.24, 2.45) is 0 Å². The van der Waals surface area contributed by atoms with E-state index in [1.165, 1.54) is 19.2 Å². The van der Waals surface area contributed by atoms with E-state index in [9.17, 15) is 4.39 Å². The van der Waals surface area contributed by atoms with Gasteiger partial charge in [-0.3, -0.25) is 4.57 Å². The van der Waals surface area contributed by atoms with Gasteiger partial charge in [0, 0.05) is 6.07 Å². The lowest BCUT2D eigenvalue weighted by atomic mass is 10.3. The van der Waals surface area contributed by atoms with E-state index in [4.69, 9.17) is 27.9 Å². The van der Waals surface area contributed by atoms with Crippen molar-refractivity contribution in [1.29, 1.82) is 0 Å². The number of fused-ring (bicyclic) bond motifs is 1. The predicted molar refractivity (Wildman–Crippen MR) is 79.9 cm³/mol. The van der Waals surface area contributed by atoms with Crippen LogP contribution in [0.3, 0.4) is 0 Å². The van der Waals surface area contributed by atoms with Crippen LogP contribution < -0.4 is 4.74 Å². The van der Waals surface area contributed by atoms with Crippen molar-refractivity contribution in [2.75, 3.05) is 7.11 Å². The van der Waals surface area contributed by atoms with E-state index in [2.05, 4.69) is 9.97 Å². The molecule has 0 fully saturated rings. The van der Waals surface area contributed by atoms with E-state index < -0.39 is 5.82 Å². The molecule has 0 radical (unpaired) electrons. The molecule has 0 saturated heterocycles. The van der Waals surface area contributed by atoms with Gasteiger partial charge in [0.1, 0.15) is 17.2 Å². The highest BCUT2D eigenvalue weighted by molar-refractivity contribution is 6.32. The number of hydrogen-bond donors (Lipinski definition) is 0. The first-order valence-electron chi connectivity index (χ1n) is 6.08. The molecular weight excluding hydrogens is 316 g/mol. The van der Waals surface area contributed by atoms with Crippen molar-refractivity contribution in [1.82, 2.24) is 14.5 Å². The molecule has 4 nitrogen and oxygen atoms in total. The van der Waals surface area contributed by atoms with E-state index in [0.29, 0.717) is 28.6 Å². The minimum absolute atomic E-state index is 0.173. The number of aromatic nitrogens is 3. The van der Waals surface area contributed by atoms with Crippen molar-refractivity contribution < 1.29 is 9.13 Å². The number of hydrogen-bond acceptors (Lipinski definition) is 3. The standard InChI is InChI=1S/C14H10Cl2FN3O/c1-21-13-5-3-10-14(19-13)20(12(7-15)18-10)11-4-2-8(17)6-9(11)16/h2-6H,7H2,1H3. The number of methoxy groups -OCH3 is 1. The molecule has 0 aliphatic carbocycles. The molecular formula is C14H10Cl2FN3O. The zero-order valence-corrected chi connectivity index (χ0v) is 12.5. The fourth-order valence-corrected chi connectivity index (χ4v) is 2.54. The quantitative estimate of drug-likeness (QED) is 0.684. The van der Waals surface area contributed by atoms with Crippen LogP contribution in [0, 0.1) is 5.82 Å². The van der Waals surface area contributed by atoms with Crippen LogP contribution in [0.5, 0.6) is 5.88 Å². The second kappa shape index (κ2) is 5.50. The van der Waals surface area contributed by atoms with Crippen LogP contribution in [0.25, 0.3) is 16.9 Å². The fraction of sp³-hybridized carbons (Fsp3) is 0.143. The molecule has 0 unspecified atom stereocenters. The van der Waals surface area contributed by atoms with Gasteiger partial charge in [-0.15, -0.1) is 11.6 Å². The predicted octanol–water partition coefficient (Wildman–Crippen LogP) is 3.96. The summed E-state index contributed by atoms with van der Waals surface area (Å²) in [4.78, 5) is 8.78. The third-order valence-electron chi connectivity index (χ3n) is 3.03. The summed E-state index contributed by atoms with van der Waals surface area (Å²) in [6.07, 6.45) is 0. The average molecular weight is 326 g/mol. The SMILES string of the molecule is COc1ccc2nc(CCl)n(-c3ccc(F)cc3Cl)c2n1. The van der Waals surface area contributed by atoms with E-state index in [1.807, 2.05) is 0 Å². The second-order valence-corrected chi connectivity index (χ2v) is 4.96. The van der Waals surface area contributed by atoms with Crippen LogP contribution in [0.15, 0.2) is 30.3 Å². The van der Waals surface area contributed by atoms with Gasteiger partial charge in [0.25, 0.3) is 0 Å². The van der Waals surface area contributed by atoms with Gasteiger partial charge in [-0.05, 0) is 24.3 Å². The Labute approximate surface area is 130 Å². The zero-order valence-electron chi connectivity index (χ0n) is 11.0. The van der Waals surface area contributed by atoms with Crippen LogP contribution >= 0.6 is 23.2 Å². The third-order valence-corrected chi connectivity index (χ3v) is 3.57. The zero-order chi connectivity index (χ0) is 15.0. The molecule has 2 aromatic heterocycles. The maximum absolute atomic E-state index is 13.2. The Morgan fingerprint density at radius 2 is 2.05 bits per heavy atom. The van der Waals surface area contributed by atoms with Gasteiger partial charge in [-0.25, -0.2) is 9.37 Å². The van der Waals surface area contributed by atoms with E-state index in [1.54, 1.807) is 22.8 Å². The van der Waals surface area contributed by atoms with Crippen molar-refractivity contribution in [2.45, 2.75) is 5.88 Å². The molecule has 0 aliphatic rings. The van der Waals surface area contributed by atoms with Gasteiger partial charge in [-0.2, -0.15) is 4.98 Å². The summed E-state index contributed by atoms with van der Waals surface area (Å²) >= 11 is 12.1. The molecule has 0 N–H and O–H groups in total. The molecule has 21 heavy (non-hydrogen) atoms. The number of nitrogens with zero attached hydrogens (tertiary/aromatic N) is 3. The molecule has 0 bridgehead atoms. The Bertz CT molecular complexity index is 819. The van der Waals surface area contributed by atoms with Gasteiger partial charge in [0.2, 0.25) is 5.88 Å². The molecule has 3 aromatic rings. The summed E-state index contributed by atoms with van der Waals surface area (Å²) in [5.74, 6) is 0.780. The van der Waals surface area contributed by atoms with E-state index in [-0.39, 0.29) is 10.9 Å². The molecule has 108 valence electrons. The monoisotopic (exact) mass is 325 g/mol. The molecule has 0 atom stereocenters. The van der Waals surface area contributed by atoms with Crippen LogP contribution in [-0.2, 0) is 5.88 Å². The lowest BCUT2D eigenvalue weighted by Crippen LogP contribution is -2.02. The third kappa shape index (κ3) is 2.43. The van der Waals surface area contributed by atoms with E-state index >= 15 is 0 Å². The van der Waals surface area contributed by atoms with Gasteiger partial charge >= 0.3 is 0 Å². The minimum atomic E-state index is -0.411. The maximum Gasteiger partial charge on any atom is 0.215 e. The largest absolute Gasteiger partial charge is 0.481 e. The summed E-state index contributed by atoms with van der Waals surface area (Å²) in [7, 11) is 1.53. The van der Waals surface area contributed by atoms with Gasteiger partial charge < -0.3 is 4.74 Å². The molecule has 3 rings (SSSR count). The first kappa shape index (κ1) is 14.1. The van der Waals surface area contributed by atoms with Gasteiger partial charge in [-0.1, -0.05) is 11.6 Å². The molecule has 1 aromatic carbocycles. The molecule has 0 aliphatic heterocycles. The summed E-state index contributed by atoms with van der Waals surface area (Å²) in [6, 6.07) is 7.62. The molecule has 2 heterocycles. The Hall–Kier alpha value is -1.85. The number of imidazole rings is 1. The van der Waals surface area contributed by atoms with Crippen molar-refractivity contribution in [3.05, 3.63) is 47.0 Å². The Morgan fingerprint density at radius 1 is 1.24 bits per heavy atom. The summed E-state index contributed by atoms with van der Waals surface area (Å²) in [6.45, 7) is 0. The highest BCUT2D eigenvalue weighted by Gasteiger charge is 2.16. The first-order valence-corrected chi connectivity index (χ1v) is 6.99. The van der Waals surface area contributed by atoms with Crippen LogP contribution in [-0.4, -0.2) is 21.6 Å². The van der Waals surface area contributed by atoms with Crippen molar-refractivity contribution >= 4 is 34.4 Å². The number of benzene rings is 1. The lowest BCUT2D eigenvalue weighted by molar-refractivity contribution is 0.399. The summed E-state index contributed by atoms with van der Waals surface area (Å²) < 4.78 is 20.1. The van der Waals surface area contributed by atoms with Crippen molar-refractivity contribution in [3.8, 4) is 11.6 Å². The van der Waals surface area contributed by atoms with Crippen LogP contribution in [0.2, 0.25) is 5.02 Å². The Kier molecular flexibility index (Phi) is 3.69. The number of ether oxygens (including phenoxy) is 1. The summed E-state index contributed by atoms with van der Waals surface area (Å²) in [5, 5.41) is 0.255. The topological polar surface area (TPSA) is 39.9 Å². The number of alkyl halides is 1. The normalized spacial score (nSPS) is 11.0. The van der Waals surface area contributed by atoms with Crippen LogP contribution in [0.1, 0.15) is 5.82 Å². The minimum Gasteiger partial charge on any atom is -0.481 e. The maximum atomic E-state index is 13.2. The van der Waals surface area contributed by atoms with Crippen LogP contribution in [0.4, 0.5) is 4.39 Å². The Morgan fingerprint density at radius 3 is 2.71 bits per heavy atom. The smallest absolute Gasteiger partial charge is 0.215 e. The van der Waals surface area contributed by atoms with E-state index in [0.717, 1.165) is 0 Å². The average Bonchev–Trinajstić information content (AvgIpc) is 2.84. The molecule has 7 heteroatoms. The highest BCUT2D eigenvalue weighted by Crippen LogP contribution is 2.28.